The molecule has 2 aromatic carbocycles. The molecule has 0 amide bonds. The Morgan fingerprint density at radius 3 is 1.65 bits per heavy atom. The van der Waals surface area contributed by atoms with E-state index in [1.54, 1.807) is 0 Å². The monoisotopic (exact) mass is 606 g/mol. The summed E-state index contributed by atoms with van der Waals surface area (Å²) in [4.78, 5) is 35.8. The Bertz CT molecular complexity index is 1550. The predicted molar refractivity (Wildman–Crippen MR) is 138 cm³/mol. The summed E-state index contributed by atoms with van der Waals surface area (Å²) in [6.45, 7) is 0. The van der Waals surface area contributed by atoms with Crippen LogP contribution in [0.1, 0.15) is 0 Å². The van der Waals surface area contributed by atoms with Crippen molar-refractivity contribution in [1.29, 1.82) is 0 Å². The Balaban J connectivity index is 1.32. The molecule has 0 radical (unpaired) electrons. The van der Waals surface area contributed by atoms with Gasteiger partial charge in [-0.15, -0.1) is 0 Å². The first-order valence-electron chi connectivity index (χ1n) is 12.7. The molecule has 2 aliphatic heterocycles. The Morgan fingerprint density at radius 2 is 1.14 bits per heavy atom. The van der Waals surface area contributed by atoms with Gasteiger partial charge in [0.15, 0.2) is 17.6 Å². The zero-order chi connectivity index (χ0) is 31.2. The summed E-state index contributed by atoms with van der Waals surface area (Å²) >= 11 is 0. The first-order valence-corrected chi connectivity index (χ1v) is 12.7. The quantitative estimate of drug-likeness (QED) is 0.145. The molecule has 0 spiro atoms. The van der Waals surface area contributed by atoms with Crippen molar-refractivity contribution in [1.82, 2.24) is 0 Å². The molecule has 8 N–H and O–H groups in total. The van der Waals surface area contributed by atoms with Crippen molar-refractivity contribution in [3.05, 3.63) is 59.0 Å². The SMILES string of the molecule is O=C(O)[C@H]1OC(Oc2ccc(-c3coc4cc(OC5O[C@H](C(=O)O)[C@@H](O)[C@H](O)[C@H]5O)ccc4c3=O)cc2)[C@H](O)[C@@H](O)[C@@H]1O. The zero-order valence-corrected chi connectivity index (χ0v) is 21.7. The molecule has 43 heavy (non-hydrogen) atoms. The minimum atomic E-state index is -1.89. The molecule has 3 heterocycles. The average Bonchev–Trinajstić information content (AvgIpc) is 2.98. The van der Waals surface area contributed by atoms with Crippen molar-refractivity contribution in [3.8, 4) is 22.6 Å². The van der Waals surface area contributed by atoms with Gasteiger partial charge in [-0.3, -0.25) is 4.79 Å². The number of aliphatic carboxylic acids is 2. The van der Waals surface area contributed by atoms with Crippen LogP contribution in [0.5, 0.6) is 11.5 Å². The lowest BCUT2D eigenvalue weighted by atomic mass is 9.99. The van der Waals surface area contributed by atoms with E-state index in [4.69, 9.17) is 23.4 Å². The van der Waals surface area contributed by atoms with Crippen molar-refractivity contribution in [2.75, 3.05) is 0 Å². The maximum Gasteiger partial charge on any atom is 0.335 e. The Kier molecular flexibility index (Phi) is 8.37. The third kappa shape index (κ3) is 5.77. The minimum absolute atomic E-state index is 0.00317. The number of carboxylic acids is 2. The fourth-order valence-corrected chi connectivity index (χ4v) is 4.66. The first-order chi connectivity index (χ1) is 20.4. The molecule has 0 bridgehead atoms. The van der Waals surface area contributed by atoms with Gasteiger partial charge in [-0.25, -0.2) is 9.59 Å². The molecule has 16 nitrogen and oxygen atoms in total. The first kappa shape index (κ1) is 30.3. The molecule has 2 fully saturated rings. The second-order valence-corrected chi connectivity index (χ2v) is 9.87. The lowest BCUT2D eigenvalue weighted by Gasteiger charge is -2.38. The van der Waals surface area contributed by atoms with E-state index >= 15 is 0 Å². The van der Waals surface area contributed by atoms with Crippen molar-refractivity contribution in [2.24, 2.45) is 0 Å². The molecule has 16 heteroatoms. The van der Waals surface area contributed by atoms with Gasteiger partial charge < -0.3 is 64.2 Å². The fourth-order valence-electron chi connectivity index (χ4n) is 4.66. The maximum absolute atomic E-state index is 13.2. The van der Waals surface area contributed by atoms with E-state index in [-0.39, 0.29) is 28.0 Å². The van der Waals surface area contributed by atoms with Crippen LogP contribution in [0.3, 0.4) is 0 Å². The number of fused-ring (bicyclic) bond motifs is 1. The smallest absolute Gasteiger partial charge is 0.335 e. The van der Waals surface area contributed by atoms with E-state index in [2.05, 4.69) is 0 Å². The fraction of sp³-hybridized carbons (Fsp3) is 0.370. The topological polar surface area (TPSA) is 263 Å². The summed E-state index contributed by atoms with van der Waals surface area (Å²) in [6.07, 6.45) is -16.8. The lowest BCUT2D eigenvalue weighted by Crippen LogP contribution is -2.61. The van der Waals surface area contributed by atoms with E-state index in [9.17, 15) is 55.2 Å². The van der Waals surface area contributed by atoms with Gasteiger partial charge >= 0.3 is 11.9 Å². The molecule has 2 unspecified atom stereocenters. The third-order valence-electron chi connectivity index (χ3n) is 7.04. The van der Waals surface area contributed by atoms with Crippen LogP contribution in [0.4, 0.5) is 0 Å². The van der Waals surface area contributed by atoms with Gasteiger partial charge in [0.25, 0.3) is 0 Å². The van der Waals surface area contributed by atoms with Gasteiger partial charge in [-0.2, -0.15) is 0 Å². The van der Waals surface area contributed by atoms with Gasteiger partial charge in [0.2, 0.25) is 12.6 Å². The summed E-state index contributed by atoms with van der Waals surface area (Å²) in [7, 11) is 0. The number of hydrogen-bond donors (Lipinski definition) is 8. The standard InChI is InChI=1S/C27H26O16/c28-15-12-6-5-11(41-27-21(34)17(30)19(32)23(43-27)25(37)38)7-14(12)39-8-13(15)9-1-3-10(4-2-9)40-26-20(33)16(29)18(31)22(42-26)24(35)36/h1-8,16-23,26-27,29-34H,(H,35,36)(H,37,38)/t16-,17-,18-,19-,20+,21+,22-,23-,26?,27?/m0/s1. The molecular formula is C27H26O16. The predicted octanol–water partition coefficient (Wildman–Crippen LogP) is -2.00. The summed E-state index contributed by atoms with van der Waals surface area (Å²) in [6, 6.07) is 9.70. The number of carboxylic acid groups (broad SMARTS) is 2. The Hall–Kier alpha value is -4.13. The Labute approximate surface area is 240 Å². The highest BCUT2D eigenvalue weighted by Gasteiger charge is 2.49. The lowest BCUT2D eigenvalue weighted by molar-refractivity contribution is -0.271. The van der Waals surface area contributed by atoms with Crippen molar-refractivity contribution in [3.63, 3.8) is 0 Å². The molecule has 1 aromatic heterocycles. The van der Waals surface area contributed by atoms with Crippen LogP contribution < -0.4 is 14.9 Å². The van der Waals surface area contributed by atoms with E-state index in [0.29, 0.717) is 5.56 Å². The number of rotatable bonds is 7. The summed E-state index contributed by atoms with van der Waals surface area (Å²) < 4.78 is 26.7. The van der Waals surface area contributed by atoms with Crippen molar-refractivity contribution < 1.29 is 73.8 Å². The summed E-state index contributed by atoms with van der Waals surface area (Å²) in [5, 5.41) is 78.3. The second-order valence-electron chi connectivity index (χ2n) is 9.87. The number of hydrogen-bond acceptors (Lipinski definition) is 14. The summed E-state index contributed by atoms with van der Waals surface area (Å²) in [5.74, 6) is -3.05. The van der Waals surface area contributed by atoms with Gasteiger partial charge in [0, 0.05) is 6.07 Å². The molecular weight excluding hydrogens is 580 g/mol. The number of aliphatic hydroxyl groups excluding tert-OH is 6. The molecule has 3 aromatic rings. The van der Waals surface area contributed by atoms with Gasteiger partial charge in [-0.1, -0.05) is 12.1 Å². The molecule has 2 aliphatic rings. The van der Waals surface area contributed by atoms with Crippen LogP contribution in [0.15, 0.2) is 57.9 Å². The second kappa shape index (κ2) is 11.9. The molecule has 2 saturated heterocycles. The number of aliphatic hydroxyl groups is 6. The number of benzene rings is 2. The minimum Gasteiger partial charge on any atom is -0.479 e. The van der Waals surface area contributed by atoms with Gasteiger partial charge in [-0.05, 0) is 29.8 Å². The summed E-state index contributed by atoms with van der Waals surface area (Å²) in [5.41, 5.74) is 0.133. The highest BCUT2D eigenvalue weighted by Crippen LogP contribution is 2.29. The Morgan fingerprint density at radius 1 is 0.651 bits per heavy atom. The van der Waals surface area contributed by atoms with Crippen LogP contribution in [-0.4, -0.2) is 114 Å². The van der Waals surface area contributed by atoms with Crippen LogP contribution in [0.2, 0.25) is 0 Å². The van der Waals surface area contributed by atoms with Gasteiger partial charge in [0.05, 0.1) is 10.9 Å². The normalized spacial score (nSPS) is 32.7. The third-order valence-corrected chi connectivity index (χ3v) is 7.04. The zero-order valence-electron chi connectivity index (χ0n) is 21.7. The van der Waals surface area contributed by atoms with Gasteiger partial charge in [0.1, 0.15) is 60.0 Å². The largest absolute Gasteiger partial charge is 0.479 e. The van der Waals surface area contributed by atoms with Crippen LogP contribution in [-0.2, 0) is 19.1 Å². The van der Waals surface area contributed by atoms with Crippen molar-refractivity contribution in [2.45, 2.75) is 61.4 Å². The van der Waals surface area contributed by atoms with Crippen LogP contribution in [0, 0.1) is 0 Å². The van der Waals surface area contributed by atoms with Crippen LogP contribution >= 0.6 is 0 Å². The van der Waals surface area contributed by atoms with E-state index in [1.807, 2.05) is 0 Å². The number of ether oxygens (including phenoxy) is 4. The van der Waals surface area contributed by atoms with Crippen molar-refractivity contribution >= 4 is 22.9 Å². The van der Waals surface area contributed by atoms with E-state index < -0.39 is 78.8 Å². The van der Waals surface area contributed by atoms with E-state index in [1.165, 1.54) is 48.7 Å². The molecule has 0 saturated carbocycles. The molecule has 10 atom stereocenters. The molecule has 0 aliphatic carbocycles. The molecule has 230 valence electrons. The van der Waals surface area contributed by atoms with Crippen LogP contribution in [0.25, 0.3) is 22.1 Å². The number of carbonyl (C=O) groups is 2. The maximum atomic E-state index is 13.2. The highest BCUT2D eigenvalue weighted by atomic mass is 16.7. The van der Waals surface area contributed by atoms with E-state index in [0.717, 1.165) is 0 Å². The molecule has 5 rings (SSSR count). The average molecular weight is 606 g/mol. The highest BCUT2D eigenvalue weighted by molar-refractivity contribution is 5.82.